The van der Waals surface area contributed by atoms with Gasteiger partial charge in [-0.25, -0.2) is 0 Å². The van der Waals surface area contributed by atoms with Gasteiger partial charge in [0.25, 0.3) is 0 Å². The van der Waals surface area contributed by atoms with Crippen LogP contribution in [0.5, 0.6) is 0 Å². The lowest BCUT2D eigenvalue weighted by Gasteiger charge is -2.17. The van der Waals surface area contributed by atoms with E-state index in [1.54, 1.807) is 0 Å². The second-order valence-electron chi connectivity index (χ2n) is 8.10. The standard InChI is InChI=1S/C20H32N2O6/c1-13(2)15-11-17(23)21(19(15)25)5-7-27-9-10-28-8-6-22-18(24)12-16(14(3)4)20(22)26/h13-16H,5-12H2,1-4H3. The molecule has 8 heteroatoms. The van der Waals surface area contributed by atoms with E-state index in [0.717, 1.165) is 0 Å². The summed E-state index contributed by atoms with van der Waals surface area (Å²) in [5, 5.41) is 0. The van der Waals surface area contributed by atoms with E-state index in [2.05, 4.69) is 0 Å². The fourth-order valence-corrected chi connectivity index (χ4v) is 3.56. The maximum atomic E-state index is 12.2. The Kier molecular flexibility index (Phi) is 8.12. The first-order valence-electron chi connectivity index (χ1n) is 10.1. The monoisotopic (exact) mass is 396 g/mol. The van der Waals surface area contributed by atoms with Crippen LogP contribution in [0.3, 0.4) is 0 Å². The molecule has 158 valence electrons. The quantitative estimate of drug-likeness (QED) is 0.383. The minimum atomic E-state index is -0.220. The number of hydrogen-bond acceptors (Lipinski definition) is 6. The highest BCUT2D eigenvalue weighted by molar-refractivity contribution is 6.04. The van der Waals surface area contributed by atoms with Crippen LogP contribution in [0, 0.1) is 23.7 Å². The fraction of sp³-hybridized carbons (Fsp3) is 0.800. The SMILES string of the molecule is CC(C)C1CC(=O)N(CCOCCOCCN2C(=O)CC(C(C)C)C2=O)C1=O. The van der Waals surface area contributed by atoms with Crippen LogP contribution >= 0.6 is 0 Å². The molecule has 0 radical (unpaired) electrons. The zero-order valence-electron chi connectivity index (χ0n) is 17.3. The molecule has 0 aromatic heterocycles. The molecular weight excluding hydrogens is 364 g/mol. The summed E-state index contributed by atoms with van der Waals surface area (Å²) >= 11 is 0. The number of nitrogens with zero attached hydrogens (tertiary/aromatic N) is 2. The predicted molar refractivity (Wildman–Crippen MR) is 101 cm³/mol. The molecule has 2 aliphatic rings. The van der Waals surface area contributed by atoms with Crippen LogP contribution in [0.15, 0.2) is 0 Å². The van der Waals surface area contributed by atoms with Crippen molar-refractivity contribution in [2.24, 2.45) is 23.7 Å². The predicted octanol–water partition coefficient (Wildman–Crippen LogP) is 1.08. The van der Waals surface area contributed by atoms with E-state index in [1.807, 2.05) is 27.7 Å². The molecule has 2 heterocycles. The van der Waals surface area contributed by atoms with Crippen LogP contribution in [0.25, 0.3) is 0 Å². The number of amides is 4. The number of likely N-dealkylation sites (tertiary alicyclic amines) is 2. The molecule has 0 bridgehead atoms. The third-order valence-corrected chi connectivity index (χ3v) is 5.46. The third kappa shape index (κ3) is 5.38. The average molecular weight is 396 g/mol. The Morgan fingerprint density at radius 3 is 1.36 bits per heavy atom. The molecule has 0 saturated carbocycles. The van der Waals surface area contributed by atoms with Gasteiger partial charge in [-0.05, 0) is 11.8 Å². The van der Waals surface area contributed by atoms with Crippen molar-refractivity contribution in [3.63, 3.8) is 0 Å². The smallest absolute Gasteiger partial charge is 0.233 e. The van der Waals surface area contributed by atoms with E-state index >= 15 is 0 Å². The van der Waals surface area contributed by atoms with Gasteiger partial charge < -0.3 is 9.47 Å². The molecule has 2 saturated heterocycles. The largest absolute Gasteiger partial charge is 0.377 e. The number of rotatable bonds is 11. The Bertz CT molecular complexity index is 552. The summed E-state index contributed by atoms with van der Waals surface area (Å²) in [5.74, 6) is -0.628. The van der Waals surface area contributed by atoms with Crippen LogP contribution in [-0.2, 0) is 28.7 Å². The van der Waals surface area contributed by atoms with Gasteiger partial charge in [0.05, 0.1) is 39.5 Å². The van der Waals surface area contributed by atoms with Gasteiger partial charge in [-0.15, -0.1) is 0 Å². The van der Waals surface area contributed by atoms with E-state index in [-0.39, 0.29) is 86.4 Å². The highest BCUT2D eigenvalue weighted by Gasteiger charge is 2.40. The highest BCUT2D eigenvalue weighted by atomic mass is 16.5. The van der Waals surface area contributed by atoms with Crippen molar-refractivity contribution in [1.82, 2.24) is 9.80 Å². The summed E-state index contributed by atoms with van der Waals surface area (Å²) in [6, 6.07) is 0. The van der Waals surface area contributed by atoms with Gasteiger partial charge in [0.1, 0.15) is 0 Å². The van der Waals surface area contributed by atoms with Crippen LogP contribution in [0.1, 0.15) is 40.5 Å². The second kappa shape index (κ2) is 10.1. The molecule has 0 aromatic rings. The lowest BCUT2D eigenvalue weighted by Crippen LogP contribution is -2.35. The van der Waals surface area contributed by atoms with E-state index in [0.29, 0.717) is 13.2 Å². The van der Waals surface area contributed by atoms with Crippen molar-refractivity contribution in [2.45, 2.75) is 40.5 Å². The number of carbonyl (C=O) groups excluding carboxylic acids is 4. The zero-order valence-corrected chi connectivity index (χ0v) is 17.3. The van der Waals surface area contributed by atoms with Crippen molar-refractivity contribution in [3.05, 3.63) is 0 Å². The Balaban J connectivity index is 1.56. The van der Waals surface area contributed by atoms with Gasteiger partial charge in [-0.3, -0.25) is 29.0 Å². The second-order valence-corrected chi connectivity index (χ2v) is 8.10. The summed E-state index contributed by atoms with van der Waals surface area (Å²) in [7, 11) is 0. The average Bonchev–Trinajstić information content (AvgIpc) is 3.07. The Morgan fingerprint density at radius 2 is 1.07 bits per heavy atom. The Labute approximate surface area is 166 Å². The van der Waals surface area contributed by atoms with Crippen molar-refractivity contribution in [3.8, 4) is 0 Å². The summed E-state index contributed by atoms with van der Waals surface area (Å²) in [6.45, 7) is 9.47. The van der Waals surface area contributed by atoms with Crippen molar-refractivity contribution in [2.75, 3.05) is 39.5 Å². The van der Waals surface area contributed by atoms with E-state index in [4.69, 9.17) is 9.47 Å². The topological polar surface area (TPSA) is 93.2 Å². The number of imide groups is 2. The van der Waals surface area contributed by atoms with Crippen molar-refractivity contribution >= 4 is 23.6 Å². The number of carbonyl (C=O) groups is 4. The molecule has 28 heavy (non-hydrogen) atoms. The first-order valence-corrected chi connectivity index (χ1v) is 10.1. The first-order chi connectivity index (χ1) is 13.2. The molecule has 0 aliphatic carbocycles. The van der Waals surface area contributed by atoms with Crippen LogP contribution in [-0.4, -0.2) is 72.9 Å². The number of hydrogen-bond donors (Lipinski definition) is 0. The van der Waals surface area contributed by atoms with Gasteiger partial charge >= 0.3 is 0 Å². The summed E-state index contributed by atoms with van der Waals surface area (Å²) in [6.07, 6.45) is 0.566. The molecule has 0 aromatic carbocycles. The van der Waals surface area contributed by atoms with Gasteiger partial charge in [0.15, 0.2) is 0 Å². The molecule has 2 unspecified atom stereocenters. The molecule has 0 spiro atoms. The first kappa shape index (κ1) is 22.5. The molecular formula is C20H32N2O6. The van der Waals surface area contributed by atoms with Gasteiger partial charge in [0, 0.05) is 24.7 Å². The van der Waals surface area contributed by atoms with Gasteiger partial charge in [-0.1, -0.05) is 27.7 Å². The van der Waals surface area contributed by atoms with Crippen LogP contribution in [0.2, 0.25) is 0 Å². The molecule has 8 nitrogen and oxygen atoms in total. The summed E-state index contributed by atoms with van der Waals surface area (Å²) in [5.41, 5.74) is 0. The normalized spacial score (nSPS) is 23.2. The summed E-state index contributed by atoms with van der Waals surface area (Å²) < 4.78 is 10.9. The van der Waals surface area contributed by atoms with E-state index < -0.39 is 0 Å². The zero-order chi connectivity index (χ0) is 20.8. The van der Waals surface area contributed by atoms with Crippen molar-refractivity contribution in [1.29, 1.82) is 0 Å². The maximum Gasteiger partial charge on any atom is 0.233 e. The van der Waals surface area contributed by atoms with Crippen LogP contribution in [0.4, 0.5) is 0 Å². The lowest BCUT2D eigenvalue weighted by atomic mass is 9.94. The molecule has 4 amide bonds. The Morgan fingerprint density at radius 1 is 0.714 bits per heavy atom. The third-order valence-electron chi connectivity index (χ3n) is 5.46. The number of ether oxygens (including phenoxy) is 2. The molecule has 2 aliphatic heterocycles. The van der Waals surface area contributed by atoms with Gasteiger partial charge in [-0.2, -0.15) is 0 Å². The summed E-state index contributed by atoms with van der Waals surface area (Å²) in [4.78, 5) is 50.7. The van der Waals surface area contributed by atoms with Gasteiger partial charge in [0.2, 0.25) is 23.6 Å². The lowest BCUT2D eigenvalue weighted by molar-refractivity contribution is -0.142. The minimum Gasteiger partial charge on any atom is -0.377 e. The highest BCUT2D eigenvalue weighted by Crippen LogP contribution is 2.26. The fourth-order valence-electron chi connectivity index (χ4n) is 3.56. The van der Waals surface area contributed by atoms with E-state index in [1.165, 1.54) is 9.80 Å². The molecule has 2 fully saturated rings. The minimum absolute atomic E-state index is 0.112. The molecule has 0 N–H and O–H groups in total. The maximum absolute atomic E-state index is 12.2. The Hall–Kier alpha value is -1.80. The molecule has 2 rings (SSSR count). The van der Waals surface area contributed by atoms with E-state index in [9.17, 15) is 19.2 Å². The van der Waals surface area contributed by atoms with Crippen molar-refractivity contribution < 1.29 is 28.7 Å². The van der Waals surface area contributed by atoms with Crippen LogP contribution < -0.4 is 0 Å². The molecule has 2 atom stereocenters.